The normalized spacial score (nSPS) is 14.9. The van der Waals surface area contributed by atoms with Crippen LogP contribution in [0.3, 0.4) is 0 Å². The molecule has 1 heterocycles. The van der Waals surface area contributed by atoms with Crippen LogP contribution in [-0.2, 0) is 27.8 Å². The van der Waals surface area contributed by atoms with Crippen LogP contribution in [-0.4, -0.2) is 52.2 Å². The molecule has 0 aromatic heterocycles. The molecule has 0 unspecified atom stereocenters. The van der Waals surface area contributed by atoms with Gasteiger partial charge in [0.2, 0.25) is 10.0 Å². The summed E-state index contributed by atoms with van der Waals surface area (Å²) >= 11 is 0. The monoisotopic (exact) mass is 419 g/mol. The second kappa shape index (κ2) is 9.73. The van der Waals surface area contributed by atoms with E-state index >= 15 is 0 Å². The summed E-state index contributed by atoms with van der Waals surface area (Å²) in [6.45, 7) is 1.87. The lowest BCUT2D eigenvalue weighted by Gasteiger charge is -2.27. The highest BCUT2D eigenvalue weighted by Gasteiger charge is 2.28. The molecule has 0 aliphatic carbocycles. The molecular weight excluding hydrogens is 394 g/mol. The maximum atomic E-state index is 12.9. The second-order valence-electron chi connectivity index (χ2n) is 6.51. The van der Waals surface area contributed by atoms with Gasteiger partial charge < -0.3 is 20.1 Å². The van der Waals surface area contributed by atoms with Crippen molar-refractivity contribution in [1.82, 2.24) is 14.9 Å². The first-order chi connectivity index (χ1) is 14.0. The van der Waals surface area contributed by atoms with Gasteiger partial charge in [-0.15, -0.1) is 0 Å². The Kier molecular flexibility index (Phi) is 7.08. The van der Waals surface area contributed by atoms with Gasteiger partial charge in [0, 0.05) is 26.2 Å². The Balaban J connectivity index is 1.59. The van der Waals surface area contributed by atoms with Gasteiger partial charge in [0.15, 0.2) is 0 Å². The van der Waals surface area contributed by atoms with Gasteiger partial charge in [-0.25, -0.2) is 13.2 Å². The number of carbonyl (C=O) groups is 1. The van der Waals surface area contributed by atoms with Crippen molar-refractivity contribution in [2.24, 2.45) is 0 Å². The largest absolute Gasteiger partial charge is 0.497 e. The van der Waals surface area contributed by atoms with Crippen molar-refractivity contribution in [3.05, 3.63) is 59.7 Å². The molecule has 0 spiro atoms. The molecule has 156 valence electrons. The van der Waals surface area contributed by atoms with E-state index in [2.05, 4.69) is 10.6 Å². The number of benzene rings is 2. The van der Waals surface area contributed by atoms with E-state index in [1.54, 1.807) is 31.4 Å². The molecule has 2 amide bonds. The van der Waals surface area contributed by atoms with Crippen molar-refractivity contribution in [2.75, 3.05) is 33.4 Å². The third kappa shape index (κ3) is 5.47. The van der Waals surface area contributed by atoms with Crippen molar-refractivity contribution < 1.29 is 22.7 Å². The highest BCUT2D eigenvalue weighted by atomic mass is 32.2. The predicted octanol–water partition coefficient (Wildman–Crippen LogP) is 1.72. The number of hydrogen-bond acceptors (Lipinski definition) is 5. The van der Waals surface area contributed by atoms with Crippen LogP contribution in [0, 0.1) is 0 Å². The van der Waals surface area contributed by atoms with Crippen LogP contribution >= 0.6 is 0 Å². The summed E-state index contributed by atoms with van der Waals surface area (Å²) in [6.07, 6.45) is 0. The van der Waals surface area contributed by atoms with E-state index in [0.717, 1.165) is 11.3 Å². The Labute approximate surface area is 170 Å². The smallest absolute Gasteiger partial charge is 0.315 e. The van der Waals surface area contributed by atoms with Crippen LogP contribution in [0.25, 0.3) is 0 Å². The van der Waals surface area contributed by atoms with Crippen LogP contribution in [0.2, 0.25) is 0 Å². The summed E-state index contributed by atoms with van der Waals surface area (Å²) in [5.41, 5.74) is 1.47. The van der Waals surface area contributed by atoms with Gasteiger partial charge in [0.25, 0.3) is 0 Å². The molecule has 9 heteroatoms. The predicted molar refractivity (Wildman–Crippen MR) is 108 cm³/mol. The number of carbonyl (C=O) groups excluding carboxylic acids is 1. The Morgan fingerprint density at radius 3 is 2.38 bits per heavy atom. The average molecular weight is 420 g/mol. The first-order valence-electron chi connectivity index (χ1n) is 9.31. The van der Waals surface area contributed by atoms with E-state index in [4.69, 9.17) is 9.47 Å². The molecule has 1 aliphatic rings. The summed E-state index contributed by atoms with van der Waals surface area (Å²) in [5.74, 6) is 0.747. The van der Waals surface area contributed by atoms with E-state index in [-0.39, 0.29) is 17.5 Å². The van der Waals surface area contributed by atoms with Crippen LogP contribution in [0.5, 0.6) is 5.75 Å². The molecule has 2 N–H and O–H groups in total. The maximum Gasteiger partial charge on any atom is 0.315 e. The molecule has 2 aromatic rings. The number of methoxy groups -OCH3 is 1. The summed E-state index contributed by atoms with van der Waals surface area (Å²) < 4.78 is 37.7. The number of nitrogens with one attached hydrogen (secondary N) is 2. The molecule has 29 heavy (non-hydrogen) atoms. The quantitative estimate of drug-likeness (QED) is 0.712. The lowest BCUT2D eigenvalue weighted by molar-refractivity contribution is 0.0730. The number of ether oxygens (including phenoxy) is 2. The fourth-order valence-corrected chi connectivity index (χ4v) is 4.62. The maximum absolute atomic E-state index is 12.9. The van der Waals surface area contributed by atoms with E-state index in [0.29, 0.717) is 38.4 Å². The van der Waals surface area contributed by atoms with Crippen molar-refractivity contribution in [2.45, 2.75) is 18.0 Å². The van der Waals surface area contributed by atoms with Gasteiger partial charge in [0.1, 0.15) is 5.75 Å². The van der Waals surface area contributed by atoms with Crippen LogP contribution in [0.1, 0.15) is 11.1 Å². The van der Waals surface area contributed by atoms with Gasteiger partial charge in [-0.2, -0.15) is 4.31 Å². The fraction of sp³-hybridized carbons (Fsp3) is 0.350. The molecule has 1 fully saturated rings. The summed E-state index contributed by atoms with van der Waals surface area (Å²) in [7, 11) is -2.04. The molecule has 1 aliphatic heterocycles. The molecular formula is C20H25N3O5S. The third-order valence-corrected chi connectivity index (χ3v) is 6.61. The molecule has 0 radical (unpaired) electrons. The Morgan fingerprint density at radius 2 is 1.69 bits per heavy atom. The lowest BCUT2D eigenvalue weighted by atomic mass is 10.2. The Bertz CT molecular complexity index is 925. The van der Waals surface area contributed by atoms with E-state index < -0.39 is 10.0 Å². The van der Waals surface area contributed by atoms with Crippen LogP contribution < -0.4 is 15.4 Å². The van der Waals surface area contributed by atoms with E-state index in [9.17, 15) is 13.2 Å². The van der Waals surface area contributed by atoms with Crippen molar-refractivity contribution >= 4 is 16.1 Å². The summed E-state index contributed by atoms with van der Waals surface area (Å²) in [4.78, 5) is 12.4. The standard InChI is InChI=1S/C20H25N3O5S/c1-27-18-8-6-16(7-9-18)14-21-20(24)22-15-17-4-2-3-5-19(17)29(25,26)23-10-12-28-13-11-23/h2-9H,10-15H2,1H3,(H2,21,22,24). The fourth-order valence-electron chi connectivity index (χ4n) is 2.99. The SMILES string of the molecule is COc1ccc(CNC(=O)NCc2ccccc2S(=O)(=O)N2CCOCC2)cc1. The topological polar surface area (TPSA) is 97.0 Å². The molecule has 1 saturated heterocycles. The zero-order valence-electron chi connectivity index (χ0n) is 16.3. The number of morpholine rings is 1. The third-order valence-electron chi connectivity index (χ3n) is 4.61. The van der Waals surface area contributed by atoms with Crippen molar-refractivity contribution in [3.8, 4) is 5.75 Å². The van der Waals surface area contributed by atoms with Gasteiger partial charge in [-0.05, 0) is 29.3 Å². The van der Waals surface area contributed by atoms with Crippen molar-refractivity contribution in [1.29, 1.82) is 0 Å². The molecule has 8 nitrogen and oxygen atoms in total. The zero-order valence-corrected chi connectivity index (χ0v) is 17.1. The first-order valence-corrected chi connectivity index (χ1v) is 10.7. The first kappa shape index (κ1) is 21.1. The minimum Gasteiger partial charge on any atom is -0.497 e. The average Bonchev–Trinajstić information content (AvgIpc) is 2.77. The summed E-state index contributed by atoms with van der Waals surface area (Å²) in [6, 6.07) is 13.7. The van der Waals surface area contributed by atoms with E-state index in [1.807, 2.05) is 24.3 Å². The minimum atomic E-state index is -3.63. The molecule has 0 saturated carbocycles. The second-order valence-corrected chi connectivity index (χ2v) is 8.41. The van der Waals surface area contributed by atoms with Crippen molar-refractivity contribution in [3.63, 3.8) is 0 Å². The van der Waals surface area contributed by atoms with Crippen LogP contribution in [0.4, 0.5) is 4.79 Å². The highest BCUT2D eigenvalue weighted by molar-refractivity contribution is 7.89. The molecule has 0 atom stereocenters. The number of amides is 2. The van der Waals surface area contributed by atoms with Gasteiger partial charge in [0.05, 0.1) is 25.2 Å². The van der Waals surface area contributed by atoms with Gasteiger partial charge >= 0.3 is 6.03 Å². The number of nitrogens with zero attached hydrogens (tertiary/aromatic N) is 1. The number of urea groups is 1. The zero-order chi connectivity index (χ0) is 20.7. The van der Waals surface area contributed by atoms with Gasteiger partial charge in [-0.1, -0.05) is 30.3 Å². The molecule has 0 bridgehead atoms. The number of rotatable bonds is 7. The summed E-state index contributed by atoms with van der Waals surface area (Å²) in [5, 5.41) is 5.49. The van der Waals surface area contributed by atoms with Crippen LogP contribution in [0.15, 0.2) is 53.4 Å². The molecule has 2 aromatic carbocycles. The molecule has 3 rings (SSSR count). The Hall–Kier alpha value is -2.62. The Morgan fingerprint density at radius 1 is 1.03 bits per heavy atom. The highest BCUT2D eigenvalue weighted by Crippen LogP contribution is 2.21. The van der Waals surface area contributed by atoms with Gasteiger partial charge in [-0.3, -0.25) is 0 Å². The number of sulfonamides is 1. The minimum absolute atomic E-state index is 0.105. The lowest BCUT2D eigenvalue weighted by Crippen LogP contribution is -2.41. The number of hydrogen-bond donors (Lipinski definition) is 2. The van der Waals surface area contributed by atoms with E-state index in [1.165, 1.54) is 4.31 Å².